The van der Waals surface area contributed by atoms with Gasteiger partial charge in [-0.25, -0.2) is 0 Å². The van der Waals surface area contributed by atoms with Crippen molar-refractivity contribution in [1.29, 1.82) is 0 Å². The van der Waals surface area contributed by atoms with Gasteiger partial charge in [-0.2, -0.15) is 0 Å². The molecule has 2 aromatic rings. The van der Waals surface area contributed by atoms with E-state index >= 15 is 0 Å². The van der Waals surface area contributed by atoms with Crippen molar-refractivity contribution >= 4 is 11.8 Å². The van der Waals surface area contributed by atoms with Gasteiger partial charge in [0, 0.05) is 0 Å². The Hall–Kier alpha value is -1.33. The van der Waals surface area contributed by atoms with E-state index in [1.165, 1.54) is 0 Å². The third-order valence-corrected chi connectivity index (χ3v) is 6.06. The second-order valence-electron chi connectivity index (χ2n) is 7.56. The van der Waals surface area contributed by atoms with Crippen molar-refractivity contribution in [1.82, 2.24) is 7.60 Å². The van der Waals surface area contributed by atoms with Gasteiger partial charge < -0.3 is 24.8 Å². The Bertz CT molecular complexity index is 790. The van der Waals surface area contributed by atoms with Gasteiger partial charge in [0.1, 0.15) is 0 Å². The summed E-state index contributed by atoms with van der Waals surface area (Å²) in [5.41, 5.74) is 5.94. The smallest absolute Gasteiger partial charge is 1.00 e. The van der Waals surface area contributed by atoms with Crippen molar-refractivity contribution in [2.24, 2.45) is 0 Å². The van der Waals surface area contributed by atoms with Gasteiger partial charge in [-0.3, -0.25) is 0 Å². The predicted octanol–water partition coefficient (Wildman–Crippen LogP) is -0.931. The maximum Gasteiger partial charge on any atom is -1.00 e. The van der Waals surface area contributed by atoms with Crippen molar-refractivity contribution in [3.05, 3.63) is 69.8 Å². The van der Waals surface area contributed by atoms with Gasteiger partial charge in [0.2, 0.25) is 0 Å². The van der Waals surface area contributed by atoms with E-state index in [1.807, 2.05) is 38.1 Å². The Morgan fingerprint density at radius 1 is 0.742 bits per heavy atom. The first-order chi connectivity index (χ1) is 14.0. The molecule has 0 aliphatic heterocycles. The average molecular weight is 499 g/mol. The van der Waals surface area contributed by atoms with Gasteiger partial charge in [0.15, 0.2) is 0 Å². The maximum absolute atomic E-state index is 12.7. The predicted molar refractivity (Wildman–Crippen MR) is 115 cm³/mol. The summed E-state index contributed by atoms with van der Waals surface area (Å²) in [6.07, 6.45) is 6.11. The first-order valence-corrected chi connectivity index (χ1v) is 12.1. The molecule has 2 aromatic carbocycles. The van der Waals surface area contributed by atoms with E-state index in [2.05, 4.69) is 33.6 Å². The number of halogens is 2. The van der Waals surface area contributed by atoms with Crippen LogP contribution in [0.4, 0.5) is 0 Å². The van der Waals surface area contributed by atoms with Crippen LogP contribution in [0.25, 0.3) is 0 Å². The summed E-state index contributed by atoms with van der Waals surface area (Å²) in [5, 5.41) is 0. The number of amides is 2. The molecule has 0 heterocycles. The van der Waals surface area contributed by atoms with E-state index in [9.17, 15) is 9.59 Å². The molecular formula is C24H32Cl2N2O2Ti. The first kappa shape index (κ1) is 29.7. The number of benzene rings is 2. The van der Waals surface area contributed by atoms with Crippen LogP contribution < -0.4 is 32.4 Å². The molecule has 0 saturated heterocycles. The zero-order chi connectivity index (χ0) is 21.2. The molecule has 0 aromatic heterocycles. The summed E-state index contributed by atoms with van der Waals surface area (Å²) in [7, 11) is 0. The number of aryl methyl sites for hydroxylation is 4. The summed E-state index contributed by atoms with van der Waals surface area (Å²) < 4.78 is 5.93. The summed E-state index contributed by atoms with van der Waals surface area (Å²) in [6, 6.07) is 11.9. The summed E-state index contributed by atoms with van der Waals surface area (Å²) in [4.78, 5) is 25.4. The van der Waals surface area contributed by atoms with E-state index in [1.54, 1.807) is 0 Å². The fourth-order valence-electron chi connectivity index (χ4n) is 3.32. The van der Waals surface area contributed by atoms with E-state index < -0.39 is 19.7 Å². The fourth-order valence-corrected chi connectivity index (χ4v) is 4.19. The Balaban J connectivity index is 0.00000450. The molecule has 0 unspecified atom stereocenters. The average Bonchev–Trinajstić information content (AvgIpc) is 2.70. The Morgan fingerprint density at radius 3 is 1.48 bits per heavy atom. The van der Waals surface area contributed by atoms with Gasteiger partial charge in [-0.1, -0.05) is 0 Å². The number of hydrogen-bond acceptors (Lipinski definition) is 2. The molecule has 0 aliphatic rings. The Morgan fingerprint density at radius 2 is 1.13 bits per heavy atom. The summed E-state index contributed by atoms with van der Waals surface area (Å²) >= 11 is -1.12. The van der Waals surface area contributed by atoms with Crippen LogP contribution in [0.1, 0.15) is 82.5 Å². The third-order valence-electron chi connectivity index (χ3n) is 4.96. The monoisotopic (exact) mass is 498 g/mol. The van der Waals surface area contributed by atoms with Gasteiger partial charge in [0.25, 0.3) is 0 Å². The van der Waals surface area contributed by atoms with Gasteiger partial charge in [0.05, 0.1) is 0 Å². The van der Waals surface area contributed by atoms with Crippen LogP contribution in [0.5, 0.6) is 0 Å². The van der Waals surface area contributed by atoms with E-state index in [-0.39, 0.29) is 36.6 Å². The minimum Gasteiger partial charge on any atom is -1.00 e. The second-order valence-corrected chi connectivity index (χ2v) is 8.73. The van der Waals surface area contributed by atoms with Crippen LogP contribution in [-0.4, -0.2) is 11.8 Å². The molecule has 0 atom stereocenters. The number of rotatable bonds is 10. The van der Waals surface area contributed by atoms with Crippen LogP contribution in [0, 0.1) is 13.8 Å². The number of unbranched alkanes of at least 4 members (excludes halogenated alkanes) is 2. The molecule has 2 N–H and O–H groups in total. The molecule has 7 heteroatoms. The SMILES string of the molecule is CCCCc1cc(C)ccc1C(=O)[NH][Ti+2][NH]C(=O)c1ccc(C)cc1CCCC.[Cl-].[Cl-]. The largest absolute Gasteiger partial charge is 1.00 e. The van der Waals surface area contributed by atoms with Crippen molar-refractivity contribution in [2.75, 3.05) is 0 Å². The van der Waals surface area contributed by atoms with Crippen molar-refractivity contribution < 1.29 is 54.1 Å². The summed E-state index contributed by atoms with van der Waals surface area (Å²) in [6.45, 7) is 8.39. The van der Waals surface area contributed by atoms with Gasteiger partial charge in [-0.05, 0) is 0 Å². The minimum atomic E-state index is -1.12. The number of carbonyl (C=O) groups excluding carboxylic acids is 2. The molecule has 2 rings (SSSR count). The number of nitrogens with one attached hydrogen (secondary N) is 2. The molecule has 0 bridgehead atoms. The molecule has 0 radical (unpaired) electrons. The van der Waals surface area contributed by atoms with E-state index in [0.29, 0.717) is 0 Å². The topological polar surface area (TPSA) is 58.2 Å². The molecule has 4 nitrogen and oxygen atoms in total. The molecule has 0 fully saturated rings. The van der Waals surface area contributed by atoms with Crippen molar-refractivity contribution in [3.8, 4) is 0 Å². The van der Waals surface area contributed by atoms with Crippen LogP contribution in [-0.2, 0) is 32.5 Å². The normalized spacial score (nSPS) is 9.68. The molecule has 2 amide bonds. The Labute approximate surface area is 208 Å². The van der Waals surface area contributed by atoms with E-state index in [0.717, 1.165) is 71.9 Å². The van der Waals surface area contributed by atoms with Crippen molar-refractivity contribution in [2.45, 2.75) is 66.2 Å². The molecular weight excluding hydrogens is 467 g/mol. The molecule has 0 spiro atoms. The fraction of sp³-hybridized carbons (Fsp3) is 0.417. The summed E-state index contributed by atoms with van der Waals surface area (Å²) in [5.74, 6) is -0.182. The number of hydrogen-bond donors (Lipinski definition) is 2. The Kier molecular flexibility index (Phi) is 14.8. The quantitative estimate of drug-likeness (QED) is 0.416. The molecule has 0 saturated carbocycles. The van der Waals surface area contributed by atoms with Gasteiger partial charge in [-0.15, -0.1) is 0 Å². The second kappa shape index (κ2) is 15.5. The first-order valence-electron chi connectivity index (χ1n) is 10.5. The minimum absolute atomic E-state index is 0. The van der Waals surface area contributed by atoms with Crippen molar-refractivity contribution in [3.63, 3.8) is 0 Å². The third kappa shape index (κ3) is 9.37. The van der Waals surface area contributed by atoms with Crippen LogP contribution in [0.3, 0.4) is 0 Å². The van der Waals surface area contributed by atoms with Crippen LogP contribution in [0.2, 0.25) is 0 Å². The molecule has 168 valence electrons. The van der Waals surface area contributed by atoms with Crippen LogP contribution >= 0.6 is 0 Å². The van der Waals surface area contributed by atoms with Crippen LogP contribution in [0.15, 0.2) is 36.4 Å². The molecule has 0 aliphatic carbocycles. The maximum atomic E-state index is 12.7. The standard InChI is InChI=1S/2C12H17NO.2ClH.Ti/c2*1-3-4-5-10-8-9(2)6-7-11(10)12(13)14;;;/h2*6-8H,3-5H2,1-2H3,(H2,13,14);2*1H;/q;;;;+4/p-4. The van der Waals surface area contributed by atoms with E-state index in [4.69, 9.17) is 0 Å². The zero-order valence-electron chi connectivity index (χ0n) is 18.8. The molecule has 31 heavy (non-hydrogen) atoms. The number of carbonyl (C=O) groups is 2. The zero-order valence-corrected chi connectivity index (χ0v) is 21.9. The van der Waals surface area contributed by atoms with Gasteiger partial charge >= 0.3 is 185 Å².